The third-order valence-electron chi connectivity index (χ3n) is 1.52. The van der Waals surface area contributed by atoms with Crippen molar-refractivity contribution in [1.29, 1.82) is 0 Å². The van der Waals surface area contributed by atoms with Crippen LogP contribution in [0.15, 0.2) is 0 Å². The number of carbonyl (C=O) groups excluding carboxylic acids is 1. The van der Waals surface area contributed by atoms with Crippen LogP contribution in [0.5, 0.6) is 0 Å². The van der Waals surface area contributed by atoms with Crippen molar-refractivity contribution in [2.45, 2.75) is 12.8 Å². The summed E-state index contributed by atoms with van der Waals surface area (Å²) in [5.74, 6) is 0.290. The molecule has 1 saturated heterocycles. The Bertz CT molecular complexity index is 112. The Kier molecular flexibility index (Phi) is 2.51. The van der Waals surface area contributed by atoms with Crippen molar-refractivity contribution in [1.82, 2.24) is 4.90 Å². The van der Waals surface area contributed by atoms with E-state index in [4.69, 9.17) is 0 Å². The Balaban J connectivity index is 2.16. The first kappa shape index (κ1) is 7.06. The minimum atomic E-state index is 0.290. The van der Waals surface area contributed by atoms with Crippen molar-refractivity contribution in [2.24, 2.45) is 0 Å². The van der Waals surface area contributed by atoms with Gasteiger partial charge in [0.05, 0.1) is 0 Å². The van der Waals surface area contributed by atoms with Gasteiger partial charge in [-0.05, 0) is 6.42 Å². The number of likely N-dealkylation sites (tertiary alicyclic amines) is 1. The number of rotatable bonds is 2. The van der Waals surface area contributed by atoms with Gasteiger partial charge in [0.2, 0.25) is 5.91 Å². The van der Waals surface area contributed by atoms with Crippen LogP contribution in [0.1, 0.15) is 12.8 Å². The third kappa shape index (κ3) is 1.68. The van der Waals surface area contributed by atoms with Crippen LogP contribution in [0.2, 0.25) is 0 Å². The van der Waals surface area contributed by atoms with E-state index in [-0.39, 0.29) is 5.91 Å². The van der Waals surface area contributed by atoms with E-state index in [0.29, 0.717) is 6.42 Å². The number of halogens is 1. The lowest BCUT2D eigenvalue weighted by molar-refractivity contribution is -0.134. The molecule has 2 nitrogen and oxygen atoms in total. The lowest BCUT2D eigenvalue weighted by atomic mass is 10.2. The number of alkyl halides is 1. The summed E-state index contributed by atoms with van der Waals surface area (Å²) < 4.78 is 0. The van der Waals surface area contributed by atoms with Crippen LogP contribution in [-0.4, -0.2) is 29.2 Å². The van der Waals surface area contributed by atoms with E-state index in [0.717, 1.165) is 18.4 Å². The fourth-order valence-electron chi connectivity index (χ4n) is 0.805. The summed E-state index contributed by atoms with van der Waals surface area (Å²) in [6.07, 6.45) is 1.84. The molecule has 0 unspecified atom stereocenters. The molecule has 0 atom stereocenters. The summed E-state index contributed by atoms with van der Waals surface area (Å²) in [5.41, 5.74) is 0. The first-order valence-corrected chi connectivity index (χ1v) is 4.30. The van der Waals surface area contributed by atoms with Crippen LogP contribution in [-0.2, 0) is 4.79 Å². The topological polar surface area (TPSA) is 20.3 Å². The van der Waals surface area contributed by atoms with Gasteiger partial charge in [0.25, 0.3) is 0 Å². The van der Waals surface area contributed by atoms with Gasteiger partial charge in [-0.25, -0.2) is 0 Å². The molecule has 52 valence electrons. The predicted octanol–water partition coefficient (Wildman–Crippen LogP) is 1.00. The monoisotopic (exact) mass is 191 g/mol. The Morgan fingerprint density at radius 3 is 2.56 bits per heavy atom. The maximum atomic E-state index is 10.9. The number of hydrogen-bond acceptors (Lipinski definition) is 1. The fraction of sp³-hybridized carbons (Fsp3) is 0.833. The smallest absolute Gasteiger partial charge is 0.223 e. The van der Waals surface area contributed by atoms with E-state index in [1.807, 2.05) is 4.90 Å². The number of carbonyl (C=O) groups is 1. The summed E-state index contributed by atoms with van der Waals surface area (Å²) in [5, 5.41) is 0.794. The van der Waals surface area contributed by atoms with E-state index in [9.17, 15) is 4.79 Å². The molecule has 1 aliphatic heterocycles. The van der Waals surface area contributed by atoms with E-state index >= 15 is 0 Å². The van der Waals surface area contributed by atoms with Gasteiger partial charge in [-0.2, -0.15) is 0 Å². The van der Waals surface area contributed by atoms with Crippen molar-refractivity contribution in [2.75, 3.05) is 18.4 Å². The highest BCUT2D eigenvalue weighted by atomic mass is 79.9. The minimum absolute atomic E-state index is 0.290. The second kappa shape index (κ2) is 3.20. The molecule has 0 aliphatic carbocycles. The molecule has 0 aromatic heterocycles. The first-order valence-electron chi connectivity index (χ1n) is 3.18. The average Bonchev–Trinajstić information content (AvgIpc) is 1.60. The number of hydrogen-bond donors (Lipinski definition) is 0. The van der Waals surface area contributed by atoms with E-state index in [2.05, 4.69) is 15.9 Å². The number of amides is 1. The van der Waals surface area contributed by atoms with Gasteiger partial charge < -0.3 is 4.90 Å². The van der Waals surface area contributed by atoms with Gasteiger partial charge in [-0.15, -0.1) is 0 Å². The van der Waals surface area contributed by atoms with Gasteiger partial charge in [0.1, 0.15) is 0 Å². The molecular formula is C6H10BrNO. The van der Waals surface area contributed by atoms with Gasteiger partial charge in [-0.1, -0.05) is 15.9 Å². The predicted molar refractivity (Wildman–Crippen MR) is 39.6 cm³/mol. The Morgan fingerprint density at radius 1 is 1.56 bits per heavy atom. The molecule has 1 rings (SSSR count). The molecule has 1 heterocycles. The molecule has 1 fully saturated rings. The zero-order valence-corrected chi connectivity index (χ0v) is 6.85. The standard InChI is InChI=1S/C6H10BrNO/c7-3-2-6(9)8-4-1-5-8/h1-5H2. The molecule has 0 spiro atoms. The van der Waals surface area contributed by atoms with Crippen molar-refractivity contribution in [3.8, 4) is 0 Å². The molecule has 0 bridgehead atoms. The van der Waals surface area contributed by atoms with E-state index < -0.39 is 0 Å². The first-order chi connectivity index (χ1) is 4.34. The quantitative estimate of drug-likeness (QED) is 0.597. The van der Waals surface area contributed by atoms with Crippen molar-refractivity contribution < 1.29 is 4.79 Å². The maximum Gasteiger partial charge on any atom is 0.223 e. The molecule has 0 aromatic carbocycles. The fourth-order valence-corrected chi connectivity index (χ4v) is 1.14. The third-order valence-corrected chi connectivity index (χ3v) is 1.91. The summed E-state index contributed by atoms with van der Waals surface area (Å²) in [6, 6.07) is 0. The van der Waals surface area contributed by atoms with Gasteiger partial charge >= 0.3 is 0 Å². The Labute approximate surface area is 63.3 Å². The summed E-state index contributed by atoms with van der Waals surface area (Å²) in [6.45, 7) is 1.96. The maximum absolute atomic E-state index is 10.9. The lowest BCUT2D eigenvalue weighted by Crippen LogP contribution is -2.42. The highest BCUT2D eigenvalue weighted by Crippen LogP contribution is 2.07. The zero-order valence-electron chi connectivity index (χ0n) is 5.27. The van der Waals surface area contributed by atoms with Crippen molar-refractivity contribution in [3.63, 3.8) is 0 Å². The Hall–Kier alpha value is -0.0500. The molecule has 0 N–H and O–H groups in total. The average molecular weight is 192 g/mol. The van der Waals surface area contributed by atoms with Crippen LogP contribution < -0.4 is 0 Å². The normalized spacial score (nSPS) is 17.2. The van der Waals surface area contributed by atoms with Crippen LogP contribution in [0.3, 0.4) is 0 Å². The molecule has 9 heavy (non-hydrogen) atoms. The number of nitrogens with zero attached hydrogens (tertiary/aromatic N) is 1. The molecule has 1 amide bonds. The van der Waals surface area contributed by atoms with E-state index in [1.54, 1.807) is 0 Å². The largest absolute Gasteiger partial charge is 0.343 e. The molecule has 0 radical (unpaired) electrons. The molecular weight excluding hydrogens is 182 g/mol. The van der Waals surface area contributed by atoms with Crippen LogP contribution >= 0.6 is 15.9 Å². The molecule has 1 aliphatic rings. The lowest BCUT2D eigenvalue weighted by Gasteiger charge is -2.30. The molecule has 0 aromatic rings. The van der Waals surface area contributed by atoms with Crippen LogP contribution in [0, 0.1) is 0 Å². The van der Waals surface area contributed by atoms with Gasteiger partial charge in [0, 0.05) is 24.8 Å². The van der Waals surface area contributed by atoms with Crippen LogP contribution in [0.25, 0.3) is 0 Å². The van der Waals surface area contributed by atoms with Crippen molar-refractivity contribution >= 4 is 21.8 Å². The van der Waals surface area contributed by atoms with Gasteiger partial charge in [0.15, 0.2) is 0 Å². The van der Waals surface area contributed by atoms with Crippen molar-refractivity contribution in [3.05, 3.63) is 0 Å². The van der Waals surface area contributed by atoms with Crippen LogP contribution in [0.4, 0.5) is 0 Å². The second-order valence-electron chi connectivity index (χ2n) is 2.17. The Morgan fingerprint density at radius 2 is 2.22 bits per heavy atom. The summed E-state index contributed by atoms with van der Waals surface area (Å²) >= 11 is 3.22. The summed E-state index contributed by atoms with van der Waals surface area (Å²) in [7, 11) is 0. The zero-order chi connectivity index (χ0) is 6.69. The SMILES string of the molecule is O=C(CCBr)N1CCC1. The van der Waals surface area contributed by atoms with E-state index in [1.165, 1.54) is 6.42 Å². The molecule has 3 heteroatoms. The summed E-state index contributed by atoms with van der Waals surface area (Å²) in [4.78, 5) is 12.8. The minimum Gasteiger partial charge on any atom is -0.343 e. The molecule has 0 saturated carbocycles. The van der Waals surface area contributed by atoms with Gasteiger partial charge in [-0.3, -0.25) is 4.79 Å². The highest BCUT2D eigenvalue weighted by molar-refractivity contribution is 9.09. The second-order valence-corrected chi connectivity index (χ2v) is 2.97. The highest BCUT2D eigenvalue weighted by Gasteiger charge is 2.18.